The predicted octanol–water partition coefficient (Wildman–Crippen LogP) is -1.10. The fourth-order valence-corrected chi connectivity index (χ4v) is 1.39. The maximum absolute atomic E-state index is 11.8. The number of nitrogens with zero attached hydrogens (tertiary/aromatic N) is 5. The van der Waals surface area contributed by atoms with Crippen molar-refractivity contribution in [1.29, 1.82) is 0 Å². The molecule has 0 unspecified atom stereocenters. The van der Waals surface area contributed by atoms with Gasteiger partial charge in [0.1, 0.15) is 11.4 Å². The molecule has 0 aromatic carbocycles. The zero-order valence-electron chi connectivity index (χ0n) is 9.78. The molecule has 0 saturated heterocycles. The monoisotopic (exact) mass is 249 g/mol. The fourth-order valence-electron chi connectivity index (χ4n) is 1.39. The molecule has 0 radical (unpaired) electrons. The van der Waals surface area contributed by atoms with Gasteiger partial charge in [0.25, 0.3) is 11.8 Å². The molecule has 0 atom stereocenters. The zero-order valence-corrected chi connectivity index (χ0v) is 9.78. The number of hydrogen-bond acceptors (Lipinski definition) is 5. The van der Waals surface area contributed by atoms with Crippen molar-refractivity contribution < 1.29 is 9.59 Å². The second-order valence-corrected chi connectivity index (χ2v) is 3.63. The van der Waals surface area contributed by atoms with Crippen molar-refractivity contribution >= 4 is 17.6 Å². The summed E-state index contributed by atoms with van der Waals surface area (Å²) in [4.78, 5) is 23.0. The lowest BCUT2D eigenvalue weighted by Gasteiger charge is -2.04. The normalized spacial score (nSPS) is 10.3. The van der Waals surface area contributed by atoms with Crippen molar-refractivity contribution in [3.05, 3.63) is 23.7 Å². The van der Waals surface area contributed by atoms with Crippen molar-refractivity contribution in [1.82, 2.24) is 24.8 Å². The first-order valence-corrected chi connectivity index (χ1v) is 4.98. The first-order chi connectivity index (χ1) is 8.49. The third-order valence-corrected chi connectivity index (χ3v) is 2.27. The molecule has 0 saturated carbocycles. The highest BCUT2D eigenvalue weighted by Gasteiger charge is 2.18. The summed E-state index contributed by atoms with van der Waals surface area (Å²) < 4.78 is 2.74. The molecule has 9 heteroatoms. The summed E-state index contributed by atoms with van der Waals surface area (Å²) in [6.07, 6.45) is 2.74. The third kappa shape index (κ3) is 2.05. The number of hydrogen-bond donors (Lipinski definition) is 2. The van der Waals surface area contributed by atoms with Gasteiger partial charge in [-0.1, -0.05) is 5.21 Å². The quantitative estimate of drug-likeness (QED) is 0.715. The van der Waals surface area contributed by atoms with Gasteiger partial charge in [-0.15, -0.1) is 5.10 Å². The van der Waals surface area contributed by atoms with E-state index in [1.54, 1.807) is 14.1 Å². The molecule has 0 fully saturated rings. The van der Waals surface area contributed by atoms with E-state index in [9.17, 15) is 9.59 Å². The Morgan fingerprint density at radius 2 is 2.11 bits per heavy atom. The predicted molar refractivity (Wildman–Crippen MR) is 60.7 cm³/mol. The Labute approximate surface area is 102 Å². The van der Waals surface area contributed by atoms with E-state index in [4.69, 9.17) is 5.73 Å². The Balaban J connectivity index is 2.27. The van der Waals surface area contributed by atoms with Crippen molar-refractivity contribution in [2.24, 2.45) is 19.8 Å². The van der Waals surface area contributed by atoms with Gasteiger partial charge in [0.15, 0.2) is 5.69 Å². The molecule has 2 amide bonds. The van der Waals surface area contributed by atoms with Gasteiger partial charge in [-0.2, -0.15) is 5.10 Å². The van der Waals surface area contributed by atoms with Crippen LogP contribution in [0.1, 0.15) is 20.8 Å². The molecule has 2 rings (SSSR count). The standard InChI is InChI=1S/C9H11N7O2/c1-15-4-6(13-14-15)9(18)12-8-5(7(10)17)3-11-16(8)2/h3-4H,1-2H3,(H2,10,17)(H,12,18). The SMILES string of the molecule is Cn1cc(C(=O)Nc2c(C(N)=O)cnn2C)nn1. The average Bonchev–Trinajstić information content (AvgIpc) is 2.87. The summed E-state index contributed by atoms with van der Waals surface area (Å²) in [7, 11) is 3.22. The maximum Gasteiger partial charge on any atom is 0.279 e. The van der Waals surface area contributed by atoms with E-state index >= 15 is 0 Å². The largest absolute Gasteiger partial charge is 0.365 e. The Morgan fingerprint density at radius 1 is 1.39 bits per heavy atom. The Kier molecular flexibility index (Phi) is 2.80. The van der Waals surface area contributed by atoms with Crippen LogP contribution < -0.4 is 11.1 Å². The van der Waals surface area contributed by atoms with Crippen molar-refractivity contribution in [3.8, 4) is 0 Å². The van der Waals surface area contributed by atoms with Crippen LogP contribution in [0.4, 0.5) is 5.82 Å². The summed E-state index contributed by atoms with van der Waals surface area (Å²) in [6, 6.07) is 0. The van der Waals surface area contributed by atoms with E-state index in [-0.39, 0.29) is 17.1 Å². The molecular formula is C9H11N7O2. The molecule has 0 bridgehead atoms. The molecule has 94 valence electrons. The number of nitrogens with two attached hydrogens (primary N) is 1. The second-order valence-electron chi connectivity index (χ2n) is 3.63. The lowest BCUT2D eigenvalue weighted by atomic mass is 10.3. The van der Waals surface area contributed by atoms with Crippen LogP contribution in [-0.2, 0) is 14.1 Å². The summed E-state index contributed by atoms with van der Waals surface area (Å²) in [6.45, 7) is 0. The maximum atomic E-state index is 11.8. The summed E-state index contributed by atoms with van der Waals surface area (Å²) in [5.41, 5.74) is 5.44. The molecule has 0 spiro atoms. The fraction of sp³-hybridized carbons (Fsp3) is 0.222. The van der Waals surface area contributed by atoms with Gasteiger partial charge in [-0.25, -0.2) is 0 Å². The van der Waals surface area contributed by atoms with Crippen LogP contribution >= 0.6 is 0 Å². The highest BCUT2D eigenvalue weighted by molar-refractivity contribution is 6.06. The number of aromatic nitrogens is 5. The third-order valence-electron chi connectivity index (χ3n) is 2.27. The van der Waals surface area contributed by atoms with Crippen molar-refractivity contribution in [3.63, 3.8) is 0 Å². The van der Waals surface area contributed by atoms with Crippen molar-refractivity contribution in [2.75, 3.05) is 5.32 Å². The van der Waals surface area contributed by atoms with E-state index < -0.39 is 11.8 Å². The Hall–Kier alpha value is -2.71. The number of nitrogens with one attached hydrogen (secondary N) is 1. The number of aryl methyl sites for hydroxylation is 2. The second kappa shape index (κ2) is 4.28. The van der Waals surface area contributed by atoms with Crippen molar-refractivity contribution in [2.45, 2.75) is 0 Å². The molecular weight excluding hydrogens is 238 g/mol. The van der Waals surface area contributed by atoms with Crippen LogP contribution in [-0.4, -0.2) is 36.6 Å². The molecule has 3 N–H and O–H groups in total. The topological polar surface area (TPSA) is 121 Å². The highest BCUT2D eigenvalue weighted by atomic mass is 16.2. The van der Waals surface area contributed by atoms with Crippen LogP contribution in [0, 0.1) is 0 Å². The van der Waals surface area contributed by atoms with E-state index in [0.29, 0.717) is 0 Å². The number of primary amides is 1. The molecule has 2 heterocycles. The van der Waals surface area contributed by atoms with Gasteiger partial charge in [0, 0.05) is 14.1 Å². The highest BCUT2D eigenvalue weighted by Crippen LogP contribution is 2.13. The first-order valence-electron chi connectivity index (χ1n) is 4.98. The van der Waals surface area contributed by atoms with Gasteiger partial charge < -0.3 is 11.1 Å². The number of amides is 2. The summed E-state index contributed by atoms with van der Waals surface area (Å²) >= 11 is 0. The number of rotatable bonds is 3. The summed E-state index contributed by atoms with van der Waals surface area (Å²) in [5, 5.41) is 13.7. The molecule has 2 aromatic rings. The smallest absolute Gasteiger partial charge is 0.279 e. The van der Waals surface area contributed by atoms with Crippen LogP contribution in [0.5, 0.6) is 0 Å². The van der Waals surface area contributed by atoms with Gasteiger partial charge in [-0.3, -0.25) is 19.0 Å². The minimum Gasteiger partial charge on any atom is -0.365 e. The van der Waals surface area contributed by atoms with Gasteiger partial charge >= 0.3 is 0 Å². The zero-order chi connectivity index (χ0) is 13.3. The van der Waals surface area contributed by atoms with E-state index in [0.717, 1.165) is 0 Å². The molecule has 0 aliphatic rings. The van der Waals surface area contributed by atoms with Crippen LogP contribution in [0.2, 0.25) is 0 Å². The lowest BCUT2D eigenvalue weighted by Crippen LogP contribution is -2.19. The van der Waals surface area contributed by atoms with Gasteiger partial charge in [0.2, 0.25) is 0 Å². The van der Waals surface area contributed by atoms with Crippen LogP contribution in [0.15, 0.2) is 12.4 Å². The average molecular weight is 249 g/mol. The first kappa shape index (κ1) is 11.8. The van der Waals surface area contributed by atoms with E-state index in [1.165, 1.54) is 21.8 Å². The minimum absolute atomic E-state index is 0.133. The number of carbonyl (C=O) groups is 2. The van der Waals surface area contributed by atoms with Crippen LogP contribution in [0.25, 0.3) is 0 Å². The van der Waals surface area contributed by atoms with E-state index in [1.807, 2.05) is 0 Å². The molecule has 0 aliphatic carbocycles. The minimum atomic E-state index is -0.669. The van der Waals surface area contributed by atoms with Gasteiger partial charge in [0.05, 0.1) is 12.4 Å². The van der Waals surface area contributed by atoms with Crippen LogP contribution in [0.3, 0.4) is 0 Å². The lowest BCUT2D eigenvalue weighted by molar-refractivity contribution is 0.100. The molecule has 9 nitrogen and oxygen atoms in total. The number of carbonyl (C=O) groups excluding carboxylic acids is 2. The number of anilines is 1. The summed E-state index contributed by atoms with van der Waals surface area (Å²) in [5.74, 6) is -0.940. The van der Waals surface area contributed by atoms with Gasteiger partial charge in [-0.05, 0) is 0 Å². The Morgan fingerprint density at radius 3 is 2.67 bits per heavy atom. The Bertz CT molecular complexity index is 612. The molecule has 2 aromatic heterocycles. The van der Waals surface area contributed by atoms with E-state index in [2.05, 4.69) is 20.7 Å². The molecule has 18 heavy (non-hydrogen) atoms. The molecule has 0 aliphatic heterocycles.